The zero-order valence-electron chi connectivity index (χ0n) is 21.5. The number of carbonyl (C=O) groups excluding carboxylic acids is 2. The van der Waals surface area contributed by atoms with E-state index in [9.17, 15) is 27.9 Å². The van der Waals surface area contributed by atoms with E-state index >= 15 is 0 Å². The van der Waals surface area contributed by atoms with Crippen molar-refractivity contribution in [2.24, 2.45) is 5.92 Å². The number of hydrogen-bond donors (Lipinski definition) is 2. The van der Waals surface area contributed by atoms with Crippen LogP contribution in [0.3, 0.4) is 0 Å². The SMILES string of the molecule is COc1ccc(F)c(C2(O)C(=O)N(CC3CCC(NC(=O)c4cc(Cl)cnc4C(F)F)CC3)c3ccccc32)c1. The number of aromatic nitrogens is 1. The number of nitrogens with zero attached hydrogens (tertiary/aromatic N) is 2. The monoisotopic (exact) mass is 573 g/mol. The van der Waals surface area contributed by atoms with Gasteiger partial charge in [-0.15, -0.1) is 0 Å². The minimum absolute atomic E-state index is 0.0344. The van der Waals surface area contributed by atoms with Gasteiger partial charge in [0, 0.05) is 29.9 Å². The number of fused-ring (bicyclic) bond motifs is 1. The van der Waals surface area contributed by atoms with Gasteiger partial charge in [0.1, 0.15) is 17.3 Å². The number of para-hydroxylation sites is 1. The van der Waals surface area contributed by atoms with Crippen LogP contribution in [-0.2, 0) is 10.4 Å². The topological polar surface area (TPSA) is 91.8 Å². The van der Waals surface area contributed by atoms with Crippen LogP contribution in [0.5, 0.6) is 5.75 Å². The zero-order chi connectivity index (χ0) is 28.6. The molecule has 2 amide bonds. The molecule has 1 aliphatic heterocycles. The summed E-state index contributed by atoms with van der Waals surface area (Å²) in [5, 5.41) is 14.6. The van der Waals surface area contributed by atoms with E-state index in [1.807, 2.05) is 0 Å². The number of nitrogens with one attached hydrogen (secondary N) is 1. The Morgan fingerprint density at radius 3 is 2.60 bits per heavy atom. The van der Waals surface area contributed by atoms with Crippen molar-refractivity contribution in [1.82, 2.24) is 10.3 Å². The molecule has 0 bridgehead atoms. The lowest BCUT2D eigenvalue weighted by Gasteiger charge is -2.32. The fourth-order valence-electron chi connectivity index (χ4n) is 5.60. The smallest absolute Gasteiger partial charge is 0.281 e. The molecular weight excluding hydrogens is 547 g/mol. The van der Waals surface area contributed by atoms with Crippen molar-refractivity contribution in [1.29, 1.82) is 0 Å². The number of anilines is 1. The largest absolute Gasteiger partial charge is 0.497 e. The van der Waals surface area contributed by atoms with Crippen molar-refractivity contribution >= 4 is 29.1 Å². The summed E-state index contributed by atoms with van der Waals surface area (Å²) < 4.78 is 46.8. The number of halogens is 4. The van der Waals surface area contributed by atoms with Crippen molar-refractivity contribution in [2.75, 3.05) is 18.6 Å². The van der Waals surface area contributed by atoms with Gasteiger partial charge < -0.3 is 20.1 Å². The lowest BCUT2D eigenvalue weighted by Crippen LogP contribution is -2.45. The molecule has 210 valence electrons. The molecule has 1 aliphatic carbocycles. The van der Waals surface area contributed by atoms with Crippen LogP contribution < -0.4 is 15.0 Å². The summed E-state index contributed by atoms with van der Waals surface area (Å²) in [6.45, 7) is 0.290. The van der Waals surface area contributed by atoms with Gasteiger partial charge in [-0.2, -0.15) is 0 Å². The van der Waals surface area contributed by atoms with Crippen LogP contribution in [-0.4, -0.2) is 41.6 Å². The van der Waals surface area contributed by atoms with E-state index < -0.39 is 35.4 Å². The summed E-state index contributed by atoms with van der Waals surface area (Å²) in [7, 11) is 1.42. The van der Waals surface area contributed by atoms with Crippen LogP contribution >= 0.6 is 11.6 Å². The Hall–Kier alpha value is -3.63. The molecular formula is C29H27ClF3N3O4. The Labute approximate surface area is 233 Å². The van der Waals surface area contributed by atoms with E-state index in [1.165, 1.54) is 30.2 Å². The molecule has 0 radical (unpaired) electrons. The first-order valence-corrected chi connectivity index (χ1v) is 13.2. The molecule has 5 rings (SSSR count). The van der Waals surface area contributed by atoms with Gasteiger partial charge in [-0.05, 0) is 61.9 Å². The average molecular weight is 574 g/mol. The van der Waals surface area contributed by atoms with Crippen LogP contribution in [0.1, 0.15) is 59.3 Å². The predicted molar refractivity (Wildman–Crippen MR) is 142 cm³/mol. The maximum absolute atomic E-state index is 14.9. The lowest BCUT2D eigenvalue weighted by atomic mass is 9.85. The predicted octanol–water partition coefficient (Wildman–Crippen LogP) is 5.39. The number of rotatable bonds is 7. The van der Waals surface area contributed by atoms with Gasteiger partial charge in [0.15, 0.2) is 5.60 Å². The third-order valence-corrected chi connectivity index (χ3v) is 7.87. The molecule has 1 atom stereocenters. The summed E-state index contributed by atoms with van der Waals surface area (Å²) in [6.07, 6.45) is 0.557. The minimum atomic E-state index is -2.92. The number of hydrogen-bond acceptors (Lipinski definition) is 5. The average Bonchev–Trinajstić information content (AvgIpc) is 3.16. The number of carbonyl (C=O) groups is 2. The molecule has 0 spiro atoms. The fourth-order valence-corrected chi connectivity index (χ4v) is 5.76. The van der Waals surface area contributed by atoms with E-state index in [0.717, 1.165) is 12.3 Å². The number of benzene rings is 2. The first-order valence-electron chi connectivity index (χ1n) is 12.9. The molecule has 3 aromatic rings. The lowest BCUT2D eigenvalue weighted by molar-refractivity contribution is -0.132. The van der Waals surface area contributed by atoms with Crippen LogP contribution in [0.25, 0.3) is 0 Å². The Bertz CT molecular complexity index is 1450. The number of pyridine rings is 1. The van der Waals surface area contributed by atoms with Crippen molar-refractivity contribution < 1.29 is 32.6 Å². The molecule has 1 saturated carbocycles. The highest BCUT2D eigenvalue weighted by atomic mass is 35.5. The Morgan fingerprint density at radius 1 is 1.18 bits per heavy atom. The van der Waals surface area contributed by atoms with Crippen LogP contribution in [0.15, 0.2) is 54.7 Å². The molecule has 2 N–H and O–H groups in total. The number of amides is 2. The zero-order valence-corrected chi connectivity index (χ0v) is 22.3. The van der Waals surface area contributed by atoms with Gasteiger partial charge in [0.25, 0.3) is 18.2 Å². The normalized spacial score (nSPS) is 22.4. The highest BCUT2D eigenvalue weighted by molar-refractivity contribution is 6.30. The molecule has 1 aromatic heterocycles. The van der Waals surface area contributed by atoms with E-state index in [-0.39, 0.29) is 40.2 Å². The third-order valence-electron chi connectivity index (χ3n) is 7.66. The van der Waals surface area contributed by atoms with Gasteiger partial charge in [0.05, 0.1) is 23.4 Å². The Balaban J connectivity index is 1.29. The summed E-state index contributed by atoms with van der Waals surface area (Å²) in [5.74, 6) is -1.70. The molecule has 1 unspecified atom stereocenters. The molecule has 2 heterocycles. The number of methoxy groups -OCH3 is 1. The van der Waals surface area contributed by atoms with E-state index in [1.54, 1.807) is 24.3 Å². The van der Waals surface area contributed by atoms with E-state index in [2.05, 4.69) is 10.3 Å². The second-order valence-corrected chi connectivity index (χ2v) is 10.5. The van der Waals surface area contributed by atoms with Gasteiger partial charge in [0.2, 0.25) is 0 Å². The van der Waals surface area contributed by atoms with E-state index in [0.29, 0.717) is 37.1 Å². The van der Waals surface area contributed by atoms with Gasteiger partial charge in [-0.1, -0.05) is 29.8 Å². The standard InChI is InChI=1S/C29H27ClF3N3O4/c1-40-19-10-11-23(31)22(13-19)29(39)21-4-2-3-5-24(21)36(28(29)38)15-16-6-8-18(9-7-16)35-27(37)20-12-17(30)14-34-25(20)26(32)33/h2-5,10-14,16,18,26,39H,6-9,15H2,1H3,(H,35,37). The van der Waals surface area contributed by atoms with Gasteiger partial charge in [-0.25, -0.2) is 13.2 Å². The summed E-state index contributed by atoms with van der Waals surface area (Å²) >= 11 is 5.87. The van der Waals surface area contributed by atoms with E-state index in [4.69, 9.17) is 16.3 Å². The van der Waals surface area contributed by atoms with Crippen molar-refractivity contribution in [3.63, 3.8) is 0 Å². The highest BCUT2D eigenvalue weighted by Gasteiger charge is 2.52. The summed E-state index contributed by atoms with van der Waals surface area (Å²) in [6, 6.07) is 11.6. The Kier molecular flexibility index (Phi) is 7.74. The second-order valence-electron chi connectivity index (χ2n) is 10.1. The quantitative estimate of drug-likeness (QED) is 0.395. The van der Waals surface area contributed by atoms with Crippen molar-refractivity contribution in [3.8, 4) is 5.75 Å². The summed E-state index contributed by atoms with van der Waals surface area (Å²) in [4.78, 5) is 31.6. The maximum Gasteiger partial charge on any atom is 0.281 e. The molecule has 2 aliphatic rings. The van der Waals surface area contributed by atoms with Crippen molar-refractivity contribution in [2.45, 2.75) is 43.8 Å². The second kappa shape index (κ2) is 11.1. The third kappa shape index (κ3) is 5.01. The van der Waals surface area contributed by atoms with Crippen LogP contribution in [0, 0.1) is 11.7 Å². The van der Waals surface area contributed by atoms with Crippen molar-refractivity contribution in [3.05, 3.63) is 88.0 Å². The number of alkyl halides is 2. The van der Waals surface area contributed by atoms with Gasteiger partial charge in [-0.3, -0.25) is 14.6 Å². The number of ether oxygens (including phenoxy) is 1. The first-order chi connectivity index (χ1) is 19.1. The first kappa shape index (κ1) is 27.9. The fraction of sp³-hybridized carbons (Fsp3) is 0.345. The molecule has 0 saturated heterocycles. The highest BCUT2D eigenvalue weighted by Crippen LogP contribution is 2.46. The van der Waals surface area contributed by atoms with Crippen LogP contribution in [0.2, 0.25) is 5.02 Å². The minimum Gasteiger partial charge on any atom is -0.497 e. The number of aliphatic hydroxyl groups is 1. The molecule has 7 nitrogen and oxygen atoms in total. The molecule has 2 aromatic carbocycles. The molecule has 40 heavy (non-hydrogen) atoms. The van der Waals surface area contributed by atoms with Gasteiger partial charge >= 0.3 is 0 Å². The molecule has 11 heteroatoms. The Morgan fingerprint density at radius 2 is 1.90 bits per heavy atom. The maximum atomic E-state index is 14.9. The van der Waals surface area contributed by atoms with Crippen LogP contribution in [0.4, 0.5) is 18.9 Å². The molecule has 1 fully saturated rings. The summed E-state index contributed by atoms with van der Waals surface area (Å²) in [5.41, 5.74) is -2.49.